The van der Waals surface area contributed by atoms with Gasteiger partial charge in [0, 0.05) is 24.0 Å². The van der Waals surface area contributed by atoms with Gasteiger partial charge in [0.15, 0.2) is 0 Å². The third-order valence-electron chi connectivity index (χ3n) is 7.83. The number of benzene rings is 3. The van der Waals surface area contributed by atoms with E-state index < -0.39 is 28.5 Å². The quantitative estimate of drug-likeness (QED) is 0.286. The van der Waals surface area contributed by atoms with Crippen molar-refractivity contribution in [3.63, 3.8) is 0 Å². The molecule has 0 bridgehead atoms. The highest BCUT2D eigenvalue weighted by molar-refractivity contribution is 7.92. The molecule has 0 spiro atoms. The van der Waals surface area contributed by atoms with Crippen LogP contribution in [0.15, 0.2) is 72.8 Å². The lowest BCUT2D eigenvalue weighted by Crippen LogP contribution is -2.55. The van der Waals surface area contributed by atoms with Crippen molar-refractivity contribution >= 4 is 39.1 Å². The summed E-state index contributed by atoms with van der Waals surface area (Å²) in [6, 6.07) is 20.9. The fraction of sp³-hybridized carbons (Fsp3) is 0.394. The van der Waals surface area contributed by atoms with Crippen LogP contribution < -0.4 is 14.4 Å². The summed E-state index contributed by atoms with van der Waals surface area (Å²) in [6.45, 7) is 1.40. The van der Waals surface area contributed by atoms with Crippen molar-refractivity contribution < 1.29 is 22.7 Å². The summed E-state index contributed by atoms with van der Waals surface area (Å²) in [7, 11) is -2.32. The molecule has 3 aromatic rings. The molecule has 2 amide bonds. The van der Waals surface area contributed by atoms with E-state index in [1.807, 2.05) is 55.5 Å². The topological polar surface area (TPSA) is 96.0 Å². The van der Waals surface area contributed by atoms with Gasteiger partial charge in [-0.3, -0.25) is 13.9 Å². The summed E-state index contributed by atoms with van der Waals surface area (Å²) in [5.74, 6) is -0.149. The second-order valence-electron chi connectivity index (χ2n) is 11.1. The second kappa shape index (κ2) is 14.8. The predicted octanol–water partition coefficient (Wildman–Crippen LogP) is 5.51. The van der Waals surface area contributed by atoms with E-state index in [2.05, 4.69) is 5.32 Å². The predicted molar refractivity (Wildman–Crippen MR) is 171 cm³/mol. The number of sulfonamides is 1. The average molecular weight is 626 g/mol. The molecule has 0 aromatic heterocycles. The van der Waals surface area contributed by atoms with Crippen LogP contribution in [0.1, 0.15) is 48.8 Å². The van der Waals surface area contributed by atoms with Gasteiger partial charge in [-0.05, 0) is 60.7 Å². The molecule has 0 radical (unpaired) electrons. The Balaban J connectivity index is 1.74. The first-order valence-corrected chi connectivity index (χ1v) is 16.8. The van der Waals surface area contributed by atoms with E-state index in [0.717, 1.165) is 59.4 Å². The Kier molecular flexibility index (Phi) is 11.1. The van der Waals surface area contributed by atoms with Gasteiger partial charge in [0.2, 0.25) is 21.8 Å². The number of carbonyl (C=O) groups excluding carboxylic acids is 2. The first-order valence-electron chi connectivity index (χ1n) is 14.6. The zero-order valence-corrected chi connectivity index (χ0v) is 26.5. The summed E-state index contributed by atoms with van der Waals surface area (Å²) in [5.41, 5.74) is 2.70. The Bertz CT molecular complexity index is 1510. The Morgan fingerprint density at radius 2 is 1.67 bits per heavy atom. The molecule has 1 unspecified atom stereocenters. The summed E-state index contributed by atoms with van der Waals surface area (Å²) in [5, 5.41) is 3.59. The highest BCUT2D eigenvalue weighted by Crippen LogP contribution is 2.26. The number of anilines is 1. The molecule has 3 aromatic carbocycles. The van der Waals surface area contributed by atoms with Gasteiger partial charge in [0.1, 0.15) is 18.3 Å². The number of nitrogens with zero attached hydrogens (tertiary/aromatic N) is 2. The maximum Gasteiger partial charge on any atom is 0.244 e. The van der Waals surface area contributed by atoms with Gasteiger partial charge in [-0.15, -0.1) is 0 Å². The van der Waals surface area contributed by atoms with E-state index in [9.17, 15) is 18.0 Å². The minimum Gasteiger partial charge on any atom is -0.497 e. The molecule has 1 aliphatic carbocycles. The molecule has 0 heterocycles. The largest absolute Gasteiger partial charge is 0.497 e. The molecule has 0 aliphatic heterocycles. The smallest absolute Gasteiger partial charge is 0.244 e. The molecule has 1 fully saturated rings. The van der Waals surface area contributed by atoms with Crippen LogP contribution in [-0.2, 0) is 32.6 Å². The van der Waals surface area contributed by atoms with Gasteiger partial charge < -0.3 is 15.0 Å². The van der Waals surface area contributed by atoms with Gasteiger partial charge >= 0.3 is 0 Å². The number of nitrogens with one attached hydrogen (secondary N) is 1. The minimum atomic E-state index is -3.88. The van der Waals surface area contributed by atoms with Gasteiger partial charge in [-0.2, -0.15) is 0 Å². The van der Waals surface area contributed by atoms with Crippen molar-refractivity contribution in [2.75, 3.05) is 24.2 Å². The number of hydrogen-bond acceptors (Lipinski definition) is 5. The normalized spacial score (nSPS) is 14.5. The number of aryl methyl sites for hydroxylation is 1. The highest BCUT2D eigenvalue weighted by atomic mass is 35.5. The number of amides is 2. The second-order valence-corrected chi connectivity index (χ2v) is 13.4. The van der Waals surface area contributed by atoms with E-state index >= 15 is 0 Å². The fourth-order valence-electron chi connectivity index (χ4n) is 5.42. The lowest BCUT2D eigenvalue weighted by Gasteiger charge is -2.35. The standard InChI is InChI=1S/C33H40ClN3O5S/c1-24-17-18-28(21-30(24)34)37(43(3,40)41)23-32(38)36(22-26-13-10-16-29(19-26)42-2)31(20-25-11-6-4-7-12-25)33(39)35-27-14-8-5-9-15-27/h4,6-7,10-13,16-19,21,27,31H,5,8-9,14-15,20,22-23H2,1-3H3,(H,35,39). The monoisotopic (exact) mass is 625 g/mol. The molecule has 43 heavy (non-hydrogen) atoms. The van der Waals surface area contributed by atoms with Crippen LogP contribution in [0.5, 0.6) is 5.75 Å². The molecule has 1 aliphatic rings. The fourth-order valence-corrected chi connectivity index (χ4v) is 6.43. The van der Waals surface area contributed by atoms with Crippen molar-refractivity contribution in [1.82, 2.24) is 10.2 Å². The lowest BCUT2D eigenvalue weighted by molar-refractivity contribution is -0.140. The summed E-state index contributed by atoms with van der Waals surface area (Å²) in [4.78, 5) is 29.8. The zero-order chi connectivity index (χ0) is 31.0. The number of methoxy groups -OCH3 is 1. The SMILES string of the molecule is COc1cccc(CN(C(=O)CN(c2ccc(C)c(Cl)c2)S(C)(=O)=O)C(Cc2ccccc2)C(=O)NC2CCCCC2)c1. The van der Waals surface area contributed by atoms with Crippen molar-refractivity contribution in [1.29, 1.82) is 0 Å². The van der Waals surface area contributed by atoms with Gasteiger partial charge in [0.05, 0.1) is 19.1 Å². The first kappa shape index (κ1) is 32.4. The first-order chi connectivity index (χ1) is 20.5. The molecule has 1 saturated carbocycles. The number of halogens is 1. The van der Waals surface area contributed by atoms with Gasteiger partial charge in [-0.1, -0.05) is 79.4 Å². The third-order valence-corrected chi connectivity index (χ3v) is 9.38. The molecular weight excluding hydrogens is 586 g/mol. The van der Waals surface area contributed by atoms with Crippen LogP contribution >= 0.6 is 11.6 Å². The van der Waals surface area contributed by atoms with Crippen molar-refractivity contribution in [2.45, 2.75) is 64.1 Å². The molecule has 230 valence electrons. The van der Waals surface area contributed by atoms with Crippen LogP contribution in [0.4, 0.5) is 5.69 Å². The zero-order valence-electron chi connectivity index (χ0n) is 25.0. The van der Waals surface area contributed by atoms with E-state index in [1.165, 1.54) is 11.0 Å². The summed E-state index contributed by atoms with van der Waals surface area (Å²) in [6.07, 6.45) is 6.34. The number of hydrogen-bond donors (Lipinski definition) is 1. The molecule has 8 nitrogen and oxygen atoms in total. The Morgan fingerprint density at radius 3 is 2.33 bits per heavy atom. The molecule has 0 saturated heterocycles. The lowest BCUT2D eigenvalue weighted by atomic mass is 9.94. The Hall–Kier alpha value is -3.56. The molecule has 10 heteroatoms. The minimum absolute atomic E-state index is 0.0375. The van der Waals surface area contributed by atoms with Gasteiger partial charge in [-0.25, -0.2) is 8.42 Å². The maximum atomic E-state index is 14.3. The third kappa shape index (κ3) is 8.97. The molecule has 1 atom stereocenters. The van der Waals surface area contributed by atoms with Crippen molar-refractivity contribution in [2.24, 2.45) is 0 Å². The van der Waals surface area contributed by atoms with Crippen molar-refractivity contribution in [3.8, 4) is 5.75 Å². The van der Waals surface area contributed by atoms with E-state index in [-0.39, 0.29) is 30.6 Å². The average Bonchev–Trinajstić information content (AvgIpc) is 2.99. The molecule has 4 rings (SSSR count). The van der Waals surface area contributed by atoms with Crippen LogP contribution in [-0.4, -0.2) is 57.1 Å². The Labute approximate surface area is 260 Å². The van der Waals surface area contributed by atoms with Crippen LogP contribution in [0.25, 0.3) is 0 Å². The van der Waals surface area contributed by atoms with Crippen LogP contribution in [0, 0.1) is 6.92 Å². The summed E-state index contributed by atoms with van der Waals surface area (Å²) >= 11 is 6.34. The number of carbonyl (C=O) groups is 2. The maximum absolute atomic E-state index is 14.3. The van der Waals surface area contributed by atoms with Crippen molar-refractivity contribution in [3.05, 3.63) is 94.5 Å². The number of rotatable bonds is 12. The van der Waals surface area contributed by atoms with E-state index in [4.69, 9.17) is 16.3 Å². The van der Waals surface area contributed by atoms with Crippen LogP contribution in [0.2, 0.25) is 5.02 Å². The number of ether oxygens (including phenoxy) is 1. The highest BCUT2D eigenvalue weighted by Gasteiger charge is 2.34. The van der Waals surface area contributed by atoms with Crippen LogP contribution in [0.3, 0.4) is 0 Å². The van der Waals surface area contributed by atoms with E-state index in [0.29, 0.717) is 10.8 Å². The van der Waals surface area contributed by atoms with E-state index in [1.54, 1.807) is 25.3 Å². The van der Waals surface area contributed by atoms with Gasteiger partial charge in [0.25, 0.3) is 0 Å². The molecule has 1 N–H and O–H groups in total. The Morgan fingerprint density at radius 1 is 0.977 bits per heavy atom. The summed E-state index contributed by atoms with van der Waals surface area (Å²) < 4.78 is 32.4. The molecular formula is C33H40ClN3O5S.